The molecule has 0 aliphatic carbocycles. The van der Waals surface area contributed by atoms with Gasteiger partial charge in [-0.1, -0.05) is 12.1 Å². The maximum atomic E-state index is 5.37. The van der Waals surface area contributed by atoms with Crippen LogP contribution in [-0.4, -0.2) is 26.3 Å². The van der Waals surface area contributed by atoms with Crippen molar-refractivity contribution >= 4 is 0 Å². The number of hydrogen-bond acceptors (Lipinski definition) is 5. The van der Waals surface area contributed by atoms with E-state index in [1.165, 1.54) is 0 Å². The Bertz CT molecular complexity index is 570. The highest BCUT2D eigenvalue weighted by Gasteiger charge is 2.05. The van der Waals surface area contributed by atoms with Crippen LogP contribution in [0.4, 0.5) is 0 Å². The third-order valence-electron chi connectivity index (χ3n) is 3.15. The van der Waals surface area contributed by atoms with Crippen LogP contribution < -0.4 is 19.5 Å². The predicted molar refractivity (Wildman–Crippen MR) is 80.9 cm³/mol. The summed E-state index contributed by atoms with van der Waals surface area (Å²) in [6.45, 7) is 1.44. The average Bonchev–Trinajstić information content (AvgIpc) is 2.55. The highest BCUT2D eigenvalue weighted by Crippen LogP contribution is 2.24. The van der Waals surface area contributed by atoms with Gasteiger partial charge in [-0.3, -0.25) is 0 Å². The third-order valence-corrected chi connectivity index (χ3v) is 3.15. The summed E-state index contributed by atoms with van der Waals surface area (Å²) in [5.41, 5.74) is 2.18. The first-order valence-corrected chi connectivity index (χ1v) is 6.67. The van der Waals surface area contributed by atoms with Crippen LogP contribution in [0.3, 0.4) is 0 Å². The molecule has 2 aromatic rings. The topological polar surface area (TPSA) is 52.6 Å². The fourth-order valence-electron chi connectivity index (χ4n) is 1.98. The van der Waals surface area contributed by atoms with Gasteiger partial charge in [-0.15, -0.1) is 0 Å². The molecule has 1 heterocycles. The van der Waals surface area contributed by atoms with Crippen LogP contribution in [0.15, 0.2) is 36.5 Å². The monoisotopic (exact) mass is 288 g/mol. The summed E-state index contributed by atoms with van der Waals surface area (Å²) in [5.74, 6) is 2.22. The molecule has 0 amide bonds. The zero-order chi connectivity index (χ0) is 15.1. The van der Waals surface area contributed by atoms with Gasteiger partial charge in [0.2, 0.25) is 5.88 Å². The van der Waals surface area contributed by atoms with E-state index in [-0.39, 0.29) is 0 Å². The summed E-state index contributed by atoms with van der Waals surface area (Å²) in [6, 6.07) is 9.65. The number of methoxy groups -OCH3 is 3. The summed E-state index contributed by atoms with van der Waals surface area (Å²) in [4.78, 5) is 4.18. The fourth-order valence-corrected chi connectivity index (χ4v) is 1.98. The van der Waals surface area contributed by atoms with Crippen molar-refractivity contribution in [2.75, 3.05) is 21.3 Å². The van der Waals surface area contributed by atoms with Crippen LogP contribution in [0.2, 0.25) is 0 Å². The molecule has 1 N–H and O–H groups in total. The van der Waals surface area contributed by atoms with E-state index in [0.717, 1.165) is 29.2 Å². The first kappa shape index (κ1) is 15.1. The summed E-state index contributed by atoms with van der Waals surface area (Å²) >= 11 is 0. The van der Waals surface area contributed by atoms with E-state index in [9.17, 15) is 0 Å². The second kappa shape index (κ2) is 7.50. The van der Waals surface area contributed by atoms with Crippen molar-refractivity contribution in [3.8, 4) is 17.4 Å². The van der Waals surface area contributed by atoms with Crippen molar-refractivity contribution in [2.45, 2.75) is 13.1 Å². The van der Waals surface area contributed by atoms with E-state index in [1.54, 1.807) is 27.5 Å². The molecule has 0 aliphatic rings. The Morgan fingerprint density at radius 3 is 2.43 bits per heavy atom. The number of nitrogens with zero attached hydrogens (tertiary/aromatic N) is 1. The van der Waals surface area contributed by atoms with Gasteiger partial charge in [0.1, 0.15) is 11.5 Å². The lowest BCUT2D eigenvalue weighted by molar-refractivity contribution is 0.389. The Hall–Kier alpha value is -2.27. The number of nitrogens with one attached hydrogen (secondary N) is 1. The van der Waals surface area contributed by atoms with Crippen molar-refractivity contribution in [1.82, 2.24) is 10.3 Å². The summed E-state index contributed by atoms with van der Waals surface area (Å²) in [5, 5.41) is 3.37. The SMILES string of the molecule is COc1ccc(CNCc2ccc(OC)nc2)c(OC)c1. The predicted octanol–water partition coefficient (Wildman–Crippen LogP) is 2.40. The molecule has 0 spiro atoms. The van der Waals surface area contributed by atoms with Crippen molar-refractivity contribution in [3.63, 3.8) is 0 Å². The highest BCUT2D eigenvalue weighted by atomic mass is 16.5. The van der Waals surface area contributed by atoms with Crippen LogP contribution in [-0.2, 0) is 13.1 Å². The minimum absolute atomic E-state index is 0.621. The molecule has 2 rings (SSSR count). The molecule has 1 aromatic carbocycles. The van der Waals surface area contributed by atoms with Gasteiger partial charge < -0.3 is 19.5 Å². The zero-order valence-corrected chi connectivity index (χ0v) is 12.6. The number of benzene rings is 1. The number of rotatable bonds is 7. The molecule has 0 aliphatic heterocycles. The van der Waals surface area contributed by atoms with Gasteiger partial charge in [0, 0.05) is 37.0 Å². The molecule has 0 saturated carbocycles. The van der Waals surface area contributed by atoms with Crippen molar-refractivity contribution in [2.24, 2.45) is 0 Å². The molecule has 0 bridgehead atoms. The largest absolute Gasteiger partial charge is 0.497 e. The lowest BCUT2D eigenvalue weighted by atomic mass is 10.2. The molecular formula is C16H20N2O3. The Labute approximate surface area is 124 Å². The van der Waals surface area contributed by atoms with Gasteiger partial charge in [-0.25, -0.2) is 4.98 Å². The lowest BCUT2D eigenvalue weighted by Gasteiger charge is -2.11. The van der Waals surface area contributed by atoms with Crippen LogP contribution in [0.25, 0.3) is 0 Å². The fraction of sp³-hybridized carbons (Fsp3) is 0.312. The molecule has 21 heavy (non-hydrogen) atoms. The Balaban J connectivity index is 1.93. The smallest absolute Gasteiger partial charge is 0.212 e. The number of pyridine rings is 1. The molecule has 1 aromatic heterocycles. The minimum atomic E-state index is 0.621. The van der Waals surface area contributed by atoms with Gasteiger partial charge in [0.15, 0.2) is 0 Å². The Morgan fingerprint density at radius 2 is 1.81 bits per heavy atom. The maximum Gasteiger partial charge on any atom is 0.212 e. The first-order valence-electron chi connectivity index (χ1n) is 6.67. The molecule has 112 valence electrons. The molecular weight excluding hydrogens is 268 g/mol. The molecule has 0 radical (unpaired) electrons. The molecule has 5 heteroatoms. The van der Waals surface area contributed by atoms with Gasteiger partial charge >= 0.3 is 0 Å². The van der Waals surface area contributed by atoms with Crippen molar-refractivity contribution in [3.05, 3.63) is 47.7 Å². The molecule has 0 unspecified atom stereocenters. The van der Waals surface area contributed by atoms with Crippen LogP contribution in [0, 0.1) is 0 Å². The van der Waals surface area contributed by atoms with Crippen LogP contribution in [0.5, 0.6) is 17.4 Å². The van der Waals surface area contributed by atoms with E-state index < -0.39 is 0 Å². The Kier molecular flexibility index (Phi) is 5.40. The number of ether oxygens (including phenoxy) is 3. The molecule has 5 nitrogen and oxygen atoms in total. The van der Waals surface area contributed by atoms with Gasteiger partial charge in [0.05, 0.1) is 21.3 Å². The summed E-state index contributed by atoms with van der Waals surface area (Å²) in [7, 11) is 4.91. The summed E-state index contributed by atoms with van der Waals surface area (Å²) < 4.78 is 15.6. The average molecular weight is 288 g/mol. The van der Waals surface area contributed by atoms with Crippen molar-refractivity contribution < 1.29 is 14.2 Å². The minimum Gasteiger partial charge on any atom is -0.497 e. The van der Waals surface area contributed by atoms with E-state index in [1.807, 2.05) is 30.3 Å². The highest BCUT2D eigenvalue weighted by molar-refractivity contribution is 5.40. The number of hydrogen-bond donors (Lipinski definition) is 1. The van der Waals surface area contributed by atoms with Crippen LogP contribution in [0.1, 0.15) is 11.1 Å². The van der Waals surface area contributed by atoms with Gasteiger partial charge in [-0.2, -0.15) is 0 Å². The standard InChI is InChI=1S/C16H20N2O3/c1-19-14-6-5-13(15(8-14)20-2)11-17-9-12-4-7-16(21-3)18-10-12/h4-8,10,17H,9,11H2,1-3H3. The Morgan fingerprint density at radius 1 is 0.952 bits per heavy atom. The van der Waals surface area contributed by atoms with E-state index in [4.69, 9.17) is 14.2 Å². The molecule has 0 atom stereocenters. The van der Waals surface area contributed by atoms with E-state index in [0.29, 0.717) is 12.4 Å². The van der Waals surface area contributed by atoms with Gasteiger partial charge in [0.25, 0.3) is 0 Å². The second-order valence-electron chi connectivity index (χ2n) is 4.49. The molecule has 0 fully saturated rings. The second-order valence-corrected chi connectivity index (χ2v) is 4.49. The molecule has 0 saturated heterocycles. The van der Waals surface area contributed by atoms with E-state index >= 15 is 0 Å². The lowest BCUT2D eigenvalue weighted by Crippen LogP contribution is -2.13. The number of aromatic nitrogens is 1. The quantitative estimate of drug-likeness (QED) is 0.848. The van der Waals surface area contributed by atoms with E-state index in [2.05, 4.69) is 10.3 Å². The van der Waals surface area contributed by atoms with Crippen molar-refractivity contribution in [1.29, 1.82) is 0 Å². The summed E-state index contributed by atoms with van der Waals surface area (Å²) in [6.07, 6.45) is 1.80. The first-order chi connectivity index (χ1) is 10.3. The maximum absolute atomic E-state index is 5.37. The third kappa shape index (κ3) is 4.10. The van der Waals surface area contributed by atoms with Gasteiger partial charge in [-0.05, 0) is 11.6 Å². The van der Waals surface area contributed by atoms with Crippen LogP contribution >= 0.6 is 0 Å². The normalized spacial score (nSPS) is 10.2. The zero-order valence-electron chi connectivity index (χ0n) is 12.6.